The van der Waals surface area contributed by atoms with E-state index in [1.54, 1.807) is 26.1 Å². The van der Waals surface area contributed by atoms with Gasteiger partial charge in [-0.25, -0.2) is 4.39 Å². The van der Waals surface area contributed by atoms with Crippen molar-refractivity contribution in [3.05, 3.63) is 35.6 Å². The Morgan fingerprint density at radius 2 is 2.08 bits per heavy atom. The average Bonchev–Trinajstić information content (AvgIpc) is 2.16. The molecule has 0 aliphatic rings. The number of hydrogen-bond acceptors (Lipinski definition) is 2. The first-order valence-electron chi connectivity index (χ1n) is 4.13. The molecule has 1 N–H and O–H groups in total. The van der Waals surface area contributed by atoms with E-state index in [1.165, 1.54) is 12.1 Å². The van der Waals surface area contributed by atoms with Crippen molar-refractivity contribution >= 4 is 5.78 Å². The van der Waals surface area contributed by atoms with Gasteiger partial charge in [0.05, 0.1) is 11.6 Å². The Kier molecular flexibility index (Phi) is 3.14. The van der Waals surface area contributed by atoms with Crippen molar-refractivity contribution in [3.63, 3.8) is 0 Å². The molecular weight excluding hydrogens is 169 g/mol. The van der Waals surface area contributed by atoms with Gasteiger partial charge in [-0.2, -0.15) is 0 Å². The molecule has 0 bridgehead atoms. The van der Waals surface area contributed by atoms with Crippen LogP contribution in [-0.2, 0) is 0 Å². The van der Waals surface area contributed by atoms with Crippen LogP contribution in [0.5, 0.6) is 0 Å². The summed E-state index contributed by atoms with van der Waals surface area (Å²) in [6, 6.07) is 5.65. The number of ketones is 1. The minimum atomic E-state index is -0.463. The maximum Gasteiger partial charge on any atom is 0.182 e. The number of Topliss-reactive ketones (excluding diaryl/α,β-unsaturated/α-hetero) is 1. The predicted octanol–water partition coefficient (Wildman–Crippen LogP) is 1.62. The Hall–Kier alpha value is -1.22. The van der Waals surface area contributed by atoms with Gasteiger partial charge in [-0.3, -0.25) is 4.79 Å². The number of halogens is 1. The van der Waals surface area contributed by atoms with Gasteiger partial charge in [0.1, 0.15) is 5.82 Å². The van der Waals surface area contributed by atoms with Crippen molar-refractivity contribution in [3.8, 4) is 0 Å². The molecule has 0 heterocycles. The molecule has 0 aliphatic carbocycles. The summed E-state index contributed by atoms with van der Waals surface area (Å²) >= 11 is 0. The van der Waals surface area contributed by atoms with Crippen LogP contribution < -0.4 is 5.32 Å². The molecule has 0 radical (unpaired) electrons. The zero-order valence-electron chi connectivity index (χ0n) is 7.67. The van der Waals surface area contributed by atoms with E-state index >= 15 is 0 Å². The Labute approximate surface area is 76.8 Å². The smallest absolute Gasteiger partial charge is 0.182 e. The molecule has 70 valence electrons. The minimum Gasteiger partial charge on any atom is -0.310 e. The molecule has 0 aromatic heterocycles. The second-order valence-corrected chi connectivity index (χ2v) is 2.85. The van der Waals surface area contributed by atoms with E-state index in [0.29, 0.717) is 0 Å². The molecule has 2 nitrogen and oxygen atoms in total. The summed E-state index contributed by atoms with van der Waals surface area (Å²) in [5.74, 6) is -0.685. The lowest BCUT2D eigenvalue weighted by molar-refractivity contribution is 0.0951. The van der Waals surface area contributed by atoms with E-state index in [1.807, 2.05) is 0 Å². The zero-order chi connectivity index (χ0) is 9.84. The molecule has 0 saturated heterocycles. The van der Waals surface area contributed by atoms with Crippen LogP contribution in [0.4, 0.5) is 4.39 Å². The summed E-state index contributed by atoms with van der Waals surface area (Å²) < 4.78 is 13.1. The van der Waals surface area contributed by atoms with Gasteiger partial charge < -0.3 is 5.32 Å². The molecule has 1 aromatic carbocycles. The monoisotopic (exact) mass is 181 g/mol. The van der Waals surface area contributed by atoms with Crippen molar-refractivity contribution in [1.82, 2.24) is 5.32 Å². The van der Waals surface area contributed by atoms with E-state index in [-0.39, 0.29) is 17.4 Å². The average molecular weight is 181 g/mol. The molecule has 3 heteroatoms. The predicted molar refractivity (Wildman–Crippen MR) is 49.3 cm³/mol. The summed E-state index contributed by atoms with van der Waals surface area (Å²) in [6.45, 7) is 1.70. The second-order valence-electron chi connectivity index (χ2n) is 2.85. The van der Waals surface area contributed by atoms with Gasteiger partial charge in [0.15, 0.2) is 5.78 Å². The third-order valence-corrected chi connectivity index (χ3v) is 1.97. The molecule has 13 heavy (non-hydrogen) atoms. The minimum absolute atomic E-state index is 0.143. The fourth-order valence-electron chi connectivity index (χ4n) is 1.03. The molecule has 0 fully saturated rings. The molecule has 1 rings (SSSR count). The number of rotatable bonds is 3. The lowest BCUT2D eigenvalue weighted by Gasteiger charge is -2.08. The SMILES string of the molecule is CN[C@H](C)C(=O)c1ccccc1F. The molecule has 1 atom stereocenters. The first-order valence-corrected chi connectivity index (χ1v) is 4.13. The molecule has 0 aliphatic heterocycles. The summed E-state index contributed by atoms with van der Waals surface area (Å²) in [7, 11) is 1.67. The molecule has 0 saturated carbocycles. The molecule has 1 aromatic rings. The van der Waals surface area contributed by atoms with Crippen molar-refractivity contribution < 1.29 is 9.18 Å². The number of carbonyl (C=O) groups excluding carboxylic acids is 1. The Morgan fingerprint density at radius 3 is 2.62 bits per heavy atom. The number of nitrogens with one attached hydrogen (secondary N) is 1. The van der Waals surface area contributed by atoms with Crippen molar-refractivity contribution in [2.24, 2.45) is 0 Å². The summed E-state index contributed by atoms with van der Waals surface area (Å²) in [5, 5.41) is 2.77. The molecule has 0 unspecified atom stereocenters. The van der Waals surface area contributed by atoms with Gasteiger partial charge in [0, 0.05) is 0 Å². The van der Waals surface area contributed by atoms with Crippen LogP contribution in [0.25, 0.3) is 0 Å². The van der Waals surface area contributed by atoms with E-state index in [0.717, 1.165) is 0 Å². The summed E-state index contributed by atoms with van der Waals surface area (Å²) in [5.41, 5.74) is 0.143. The highest BCUT2D eigenvalue weighted by Crippen LogP contribution is 2.08. The zero-order valence-corrected chi connectivity index (χ0v) is 7.67. The first kappa shape index (κ1) is 9.86. The highest BCUT2D eigenvalue weighted by atomic mass is 19.1. The number of carbonyl (C=O) groups is 1. The Bertz CT molecular complexity index is 312. The maximum absolute atomic E-state index is 13.1. The van der Waals surface area contributed by atoms with Gasteiger partial charge in [-0.15, -0.1) is 0 Å². The van der Waals surface area contributed by atoms with Gasteiger partial charge in [0.2, 0.25) is 0 Å². The number of hydrogen-bond donors (Lipinski definition) is 1. The summed E-state index contributed by atoms with van der Waals surface area (Å²) in [4.78, 5) is 11.5. The van der Waals surface area contributed by atoms with E-state index in [2.05, 4.69) is 5.32 Å². The van der Waals surface area contributed by atoms with Crippen molar-refractivity contribution in [2.75, 3.05) is 7.05 Å². The normalized spacial score (nSPS) is 12.5. The van der Waals surface area contributed by atoms with E-state index in [4.69, 9.17) is 0 Å². The Balaban J connectivity index is 2.95. The fraction of sp³-hybridized carbons (Fsp3) is 0.300. The van der Waals surface area contributed by atoms with Crippen LogP contribution >= 0.6 is 0 Å². The van der Waals surface area contributed by atoms with Gasteiger partial charge >= 0.3 is 0 Å². The highest BCUT2D eigenvalue weighted by Gasteiger charge is 2.15. The highest BCUT2D eigenvalue weighted by molar-refractivity contribution is 6.00. The number of likely N-dealkylation sites (N-methyl/N-ethyl adjacent to an activating group) is 1. The second kappa shape index (κ2) is 4.14. The lowest BCUT2D eigenvalue weighted by atomic mass is 10.1. The lowest BCUT2D eigenvalue weighted by Crippen LogP contribution is -2.31. The van der Waals surface area contributed by atoms with Gasteiger partial charge in [0.25, 0.3) is 0 Å². The summed E-state index contributed by atoms with van der Waals surface area (Å²) in [6.07, 6.45) is 0. The maximum atomic E-state index is 13.1. The topological polar surface area (TPSA) is 29.1 Å². The molecular formula is C10H12FNO. The van der Waals surface area contributed by atoms with Crippen LogP contribution in [-0.4, -0.2) is 18.9 Å². The molecule has 0 spiro atoms. The standard InChI is InChI=1S/C10H12FNO/c1-7(12-2)10(13)8-5-3-4-6-9(8)11/h3-7,12H,1-2H3/t7-/m1/s1. The Morgan fingerprint density at radius 1 is 1.46 bits per heavy atom. The van der Waals surface area contributed by atoms with Gasteiger partial charge in [-0.05, 0) is 26.1 Å². The van der Waals surface area contributed by atoms with Crippen LogP contribution in [0.15, 0.2) is 24.3 Å². The van der Waals surface area contributed by atoms with Crippen LogP contribution in [0.3, 0.4) is 0 Å². The third kappa shape index (κ3) is 2.12. The molecule has 0 amide bonds. The van der Waals surface area contributed by atoms with E-state index < -0.39 is 5.82 Å². The quantitative estimate of drug-likeness (QED) is 0.718. The van der Waals surface area contributed by atoms with Crippen molar-refractivity contribution in [2.45, 2.75) is 13.0 Å². The van der Waals surface area contributed by atoms with Crippen LogP contribution in [0.1, 0.15) is 17.3 Å². The van der Waals surface area contributed by atoms with E-state index in [9.17, 15) is 9.18 Å². The fourth-order valence-corrected chi connectivity index (χ4v) is 1.03. The third-order valence-electron chi connectivity index (χ3n) is 1.97. The van der Waals surface area contributed by atoms with Crippen LogP contribution in [0, 0.1) is 5.82 Å². The van der Waals surface area contributed by atoms with Crippen LogP contribution in [0.2, 0.25) is 0 Å². The first-order chi connectivity index (χ1) is 6.16. The van der Waals surface area contributed by atoms with Gasteiger partial charge in [-0.1, -0.05) is 12.1 Å². The van der Waals surface area contributed by atoms with Crippen molar-refractivity contribution in [1.29, 1.82) is 0 Å². The number of benzene rings is 1. The largest absolute Gasteiger partial charge is 0.310 e.